The minimum Gasteiger partial charge on any atom is -0.455 e. The molecular formula is C45H25N3OS2. The summed E-state index contributed by atoms with van der Waals surface area (Å²) in [5.41, 5.74) is 2.46. The van der Waals surface area contributed by atoms with Crippen LogP contribution in [0, 0.1) is 0 Å². The fraction of sp³-hybridized carbons (Fsp3) is 0. The van der Waals surface area contributed by atoms with E-state index < -0.39 is 0 Å². The van der Waals surface area contributed by atoms with Gasteiger partial charge in [0, 0.05) is 78.9 Å². The van der Waals surface area contributed by atoms with Crippen molar-refractivity contribution in [3.63, 3.8) is 0 Å². The molecule has 238 valence electrons. The molecule has 51 heavy (non-hydrogen) atoms. The summed E-state index contributed by atoms with van der Waals surface area (Å²) in [4.78, 5) is 14.6. The van der Waals surface area contributed by atoms with Gasteiger partial charge >= 0.3 is 0 Å². The summed E-state index contributed by atoms with van der Waals surface area (Å²) in [6.07, 6.45) is 0. The topological polar surface area (TPSA) is 51.8 Å². The van der Waals surface area contributed by atoms with E-state index >= 15 is 0 Å². The predicted molar refractivity (Wildman–Crippen MR) is 215 cm³/mol. The Hall–Kier alpha value is -6.21. The Bertz CT molecular complexity index is 3510. The number of furan rings is 1. The summed E-state index contributed by atoms with van der Waals surface area (Å²) in [7, 11) is 0. The van der Waals surface area contributed by atoms with Gasteiger partial charge in [-0.3, -0.25) is 0 Å². The molecule has 11 rings (SSSR count). The summed E-state index contributed by atoms with van der Waals surface area (Å²) >= 11 is 3.24. The average molecular weight is 694 g/mol. The number of fused-ring (bicyclic) bond motifs is 9. The largest absolute Gasteiger partial charge is 0.455 e. The molecule has 0 atom stereocenters. The number of thiophene rings is 2. The van der Waals surface area contributed by atoms with Gasteiger partial charge in [0.15, 0.2) is 17.5 Å². The smallest absolute Gasteiger partial charge is 0.164 e. The number of rotatable bonds is 4. The highest BCUT2D eigenvalue weighted by atomic mass is 32.1. The van der Waals surface area contributed by atoms with Crippen molar-refractivity contribution in [1.29, 1.82) is 0 Å². The summed E-state index contributed by atoms with van der Waals surface area (Å²) in [6.45, 7) is 0. The normalized spacial score (nSPS) is 13.6. The summed E-state index contributed by atoms with van der Waals surface area (Å²) in [6, 6.07) is 35.9. The Kier molecular flexibility index (Phi) is 5.08. The number of nitrogens with zero attached hydrogens (tertiary/aromatic N) is 3. The van der Waals surface area contributed by atoms with Crippen LogP contribution in [0.25, 0.3) is 108 Å². The first kappa shape index (κ1) is 23.2. The third-order valence-corrected chi connectivity index (χ3v) is 11.6. The Balaban J connectivity index is 1.17. The lowest BCUT2D eigenvalue weighted by molar-refractivity contribution is 0.670. The van der Waals surface area contributed by atoms with Crippen LogP contribution in [0.3, 0.4) is 0 Å². The van der Waals surface area contributed by atoms with Crippen molar-refractivity contribution in [2.45, 2.75) is 0 Å². The number of aromatic nitrogens is 3. The molecule has 4 aromatic heterocycles. The zero-order chi connectivity index (χ0) is 38.7. The van der Waals surface area contributed by atoms with Crippen LogP contribution in [0.15, 0.2) is 156 Å². The van der Waals surface area contributed by atoms with Crippen LogP contribution in [0.2, 0.25) is 0 Å². The Morgan fingerprint density at radius 2 is 1.16 bits per heavy atom. The highest BCUT2D eigenvalue weighted by Crippen LogP contribution is 2.44. The van der Waals surface area contributed by atoms with Crippen molar-refractivity contribution in [3.05, 3.63) is 152 Å². The minimum atomic E-state index is -0.329. The zero-order valence-corrected chi connectivity index (χ0v) is 28.2. The van der Waals surface area contributed by atoms with Gasteiger partial charge in [-0.2, -0.15) is 0 Å². The molecule has 0 N–H and O–H groups in total. The van der Waals surface area contributed by atoms with Gasteiger partial charge in [0.2, 0.25) is 0 Å². The quantitative estimate of drug-likeness (QED) is 0.184. The van der Waals surface area contributed by atoms with E-state index in [1.54, 1.807) is 22.7 Å². The maximum absolute atomic E-state index is 9.58. The molecule has 0 saturated carbocycles. The molecule has 0 bridgehead atoms. The van der Waals surface area contributed by atoms with Gasteiger partial charge in [-0.1, -0.05) is 121 Å². The van der Waals surface area contributed by atoms with Crippen LogP contribution < -0.4 is 0 Å². The van der Waals surface area contributed by atoms with Gasteiger partial charge in [-0.25, -0.2) is 15.0 Å². The Morgan fingerprint density at radius 1 is 0.471 bits per heavy atom. The Morgan fingerprint density at radius 3 is 2.00 bits per heavy atom. The second-order valence-corrected chi connectivity index (χ2v) is 14.4. The van der Waals surface area contributed by atoms with Crippen molar-refractivity contribution in [3.8, 4) is 45.3 Å². The van der Waals surface area contributed by atoms with Crippen LogP contribution in [0.1, 0.15) is 8.22 Å². The molecule has 11 aromatic rings. The lowest BCUT2D eigenvalue weighted by Gasteiger charge is -2.08. The fourth-order valence-corrected chi connectivity index (χ4v) is 9.23. The maximum Gasteiger partial charge on any atom is 0.164 e. The van der Waals surface area contributed by atoms with E-state index in [-0.39, 0.29) is 69.6 Å². The van der Waals surface area contributed by atoms with E-state index in [0.29, 0.717) is 28.3 Å². The second-order valence-electron chi connectivity index (χ2n) is 12.3. The van der Waals surface area contributed by atoms with E-state index in [0.717, 1.165) is 35.8 Å². The lowest BCUT2D eigenvalue weighted by atomic mass is 10.00. The van der Waals surface area contributed by atoms with Crippen molar-refractivity contribution in [2.24, 2.45) is 0 Å². The number of hydrogen-bond donors (Lipinski definition) is 0. The van der Waals surface area contributed by atoms with Gasteiger partial charge in [0.05, 0.1) is 8.22 Å². The van der Waals surface area contributed by atoms with E-state index in [4.69, 9.17) is 23.5 Å². The summed E-state index contributed by atoms with van der Waals surface area (Å²) in [5.74, 6) is 0.717. The van der Waals surface area contributed by atoms with Gasteiger partial charge in [0.25, 0.3) is 0 Å². The summed E-state index contributed by atoms with van der Waals surface area (Å²) in [5, 5.41) is 4.53. The van der Waals surface area contributed by atoms with E-state index in [1.807, 2.05) is 97.1 Å². The van der Waals surface area contributed by atoms with Gasteiger partial charge in [-0.15, -0.1) is 22.7 Å². The number of hydrogen-bond acceptors (Lipinski definition) is 6. The average Bonchev–Trinajstić information content (AvgIpc) is 3.95. The van der Waals surface area contributed by atoms with Crippen LogP contribution in [0.5, 0.6) is 0 Å². The van der Waals surface area contributed by atoms with Crippen LogP contribution >= 0.6 is 22.7 Å². The van der Waals surface area contributed by atoms with Gasteiger partial charge < -0.3 is 4.42 Å². The molecule has 0 amide bonds. The minimum absolute atomic E-state index is 0.0211. The molecule has 0 spiro atoms. The molecule has 0 aliphatic carbocycles. The lowest BCUT2D eigenvalue weighted by Crippen LogP contribution is -2.00. The third kappa shape index (κ3) is 4.54. The van der Waals surface area contributed by atoms with E-state index in [2.05, 4.69) is 18.2 Å². The molecule has 4 heterocycles. The highest BCUT2D eigenvalue weighted by Gasteiger charge is 2.19. The van der Waals surface area contributed by atoms with Crippen molar-refractivity contribution in [2.75, 3.05) is 0 Å². The fourth-order valence-electron chi connectivity index (χ4n) is 6.86. The van der Waals surface area contributed by atoms with Crippen LogP contribution in [-0.4, -0.2) is 15.0 Å². The highest BCUT2D eigenvalue weighted by molar-refractivity contribution is 7.26. The van der Waals surface area contributed by atoms with Crippen molar-refractivity contribution in [1.82, 2.24) is 15.0 Å². The van der Waals surface area contributed by atoms with Gasteiger partial charge in [0.1, 0.15) is 11.2 Å². The molecular weight excluding hydrogens is 663 g/mol. The van der Waals surface area contributed by atoms with E-state index in [1.165, 1.54) is 10.1 Å². The summed E-state index contributed by atoms with van der Waals surface area (Å²) < 4.78 is 66.1. The molecule has 0 aliphatic heterocycles. The number of para-hydroxylation sites is 1. The molecule has 0 saturated heterocycles. The number of benzene rings is 7. The van der Waals surface area contributed by atoms with Crippen molar-refractivity contribution >= 4 is 85.0 Å². The SMILES string of the molecule is [2H]c1c([2H])c([2H])c2c(oc3c([2H])c(-c4nc(-c5ccccc5)nc(-c5ccc6c(c5)sc5ccccc56)n4)c([2H])c([2H])c32)c1-c1cccc2c1sc1ccccc12. The molecule has 0 aliphatic rings. The third-order valence-electron chi connectivity index (χ3n) is 9.26. The monoisotopic (exact) mass is 693 g/mol. The van der Waals surface area contributed by atoms with Crippen LogP contribution in [0.4, 0.5) is 0 Å². The second kappa shape index (κ2) is 11.2. The Labute approximate surface area is 308 Å². The van der Waals surface area contributed by atoms with Crippen molar-refractivity contribution < 1.29 is 12.6 Å². The van der Waals surface area contributed by atoms with Gasteiger partial charge in [-0.05, 0) is 30.3 Å². The molecule has 4 nitrogen and oxygen atoms in total. The first-order valence-electron chi connectivity index (χ1n) is 19.4. The maximum atomic E-state index is 9.58. The first-order chi connectivity index (χ1) is 27.8. The predicted octanol–water partition coefficient (Wildman–Crippen LogP) is 13.2. The van der Waals surface area contributed by atoms with Crippen LogP contribution in [-0.2, 0) is 0 Å². The molecule has 0 unspecified atom stereocenters. The zero-order valence-electron chi connectivity index (χ0n) is 32.5. The molecule has 0 radical (unpaired) electrons. The standard InChI is InChI=1S/C45H25N3OS2/c1-2-10-26(11-3-1)43-46-44(48-45(47-43)28-21-23-32-30-12-4-6-18-38(30)50-40(32)25-28)27-20-22-29-33-14-8-15-34(41(33)49-37(29)24-27)36-17-9-16-35-31-13-5-7-19-39(31)51-42(35)36/h1-25H/i8D,14D,15D,20D,22D,24D. The molecule has 6 heteroatoms. The molecule has 0 fully saturated rings. The molecule has 7 aromatic carbocycles. The first-order valence-corrected chi connectivity index (χ1v) is 18.0. The van der Waals surface area contributed by atoms with E-state index in [9.17, 15) is 4.11 Å².